The van der Waals surface area contributed by atoms with Gasteiger partial charge in [0.2, 0.25) is 0 Å². The van der Waals surface area contributed by atoms with Crippen LogP contribution in [0, 0.1) is 12.7 Å². The lowest BCUT2D eigenvalue weighted by Gasteiger charge is -2.23. The summed E-state index contributed by atoms with van der Waals surface area (Å²) in [7, 11) is 3.06. The number of carbonyl (C=O) groups excluding carboxylic acids is 1. The highest BCUT2D eigenvalue weighted by molar-refractivity contribution is 5.94. The molecule has 0 unspecified atom stereocenters. The van der Waals surface area contributed by atoms with E-state index in [1.807, 2.05) is 31.2 Å². The monoisotopic (exact) mass is 460 g/mol. The molecule has 6 nitrogen and oxygen atoms in total. The van der Waals surface area contributed by atoms with E-state index in [-0.39, 0.29) is 24.2 Å². The van der Waals surface area contributed by atoms with Gasteiger partial charge in [-0.2, -0.15) is 0 Å². The zero-order chi connectivity index (χ0) is 24.2. The fourth-order valence-electron chi connectivity index (χ4n) is 3.82. The fourth-order valence-corrected chi connectivity index (χ4v) is 3.82. The number of methoxy groups -OCH3 is 2. The van der Waals surface area contributed by atoms with Gasteiger partial charge in [0, 0.05) is 23.6 Å². The molecule has 0 radical (unpaired) electrons. The summed E-state index contributed by atoms with van der Waals surface area (Å²) >= 11 is 0. The number of aromatic nitrogens is 1. The van der Waals surface area contributed by atoms with E-state index in [1.165, 1.54) is 37.3 Å². The Labute approximate surface area is 196 Å². The molecule has 0 saturated heterocycles. The maximum Gasteiger partial charge on any atom is 0.257 e. The Kier molecular flexibility index (Phi) is 6.63. The van der Waals surface area contributed by atoms with Gasteiger partial charge < -0.3 is 19.4 Å². The number of fused-ring (bicyclic) bond motifs is 1. The molecule has 1 N–H and O–H groups in total. The number of benzene rings is 3. The van der Waals surface area contributed by atoms with E-state index in [4.69, 9.17) is 9.47 Å². The summed E-state index contributed by atoms with van der Waals surface area (Å²) in [6, 6.07) is 18.7. The average Bonchev–Trinajstić information content (AvgIpc) is 2.84. The van der Waals surface area contributed by atoms with E-state index in [0.29, 0.717) is 22.6 Å². The van der Waals surface area contributed by atoms with Gasteiger partial charge in [0.1, 0.15) is 5.82 Å². The number of rotatable bonds is 7. The summed E-state index contributed by atoms with van der Waals surface area (Å²) in [6.45, 7) is 2.20. The number of ether oxygens (including phenoxy) is 2. The third-order valence-corrected chi connectivity index (χ3v) is 5.67. The second kappa shape index (κ2) is 9.79. The standard InChI is InChI=1S/C27H25FN2O4/c1-17-8-10-18(11-9-17)15-30(27(32)21-6-4-5-7-22(21)28)16-20-12-19-13-24(33-2)25(34-3)14-23(19)29-26(20)31/h4-14H,15-16H2,1-3H3,(H,29,31). The molecule has 0 atom stereocenters. The molecule has 7 heteroatoms. The van der Waals surface area contributed by atoms with Crippen LogP contribution in [0.5, 0.6) is 11.5 Å². The lowest BCUT2D eigenvalue weighted by atomic mass is 10.1. The van der Waals surface area contributed by atoms with E-state index in [9.17, 15) is 14.0 Å². The number of nitrogens with zero attached hydrogens (tertiary/aromatic N) is 1. The number of pyridine rings is 1. The van der Waals surface area contributed by atoms with Gasteiger partial charge in [-0.05, 0) is 36.8 Å². The van der Waals surface area contributed by atoms with Crippen molar-refractivity contribution in [3.8, 4) is 11.5 Å². The average molecular weight is 461 g/mol. The van der Waals surface area contributed by atoms with Gasteiger partial charge in [0.15, 0.2) is 11.5 Å². The van der Waals surface area contributed by atoms with E-state index >= 15 is 0 Å². The Hall–Kier alpha value is -4.13. The Morgan fingerprint density at radius 1 is 0.941 bits per heavy atom. The Bertz CT molecular complexity index is 1400. The van der Waals surface area contributed by atoms with Crippen molar-refractivity contribution in [2.75, 3.05) is 14.2 Å². The van der Waals surface area contributed by atoms with Crippen LogP contribution in [0.4, 0.5) is 4.39 Å². The third-order valence-electron chi connectivity index (χ3n) is 5.67. The summed E-state index contributed by atoms with van der Waals surface area (Å²) in [4.78, 5) is 30.6. The summed E-state index contributed by atoms with van der Waals surface area (Å²) < 4.78 is 25.1. The van der Waals surface area contributed by atoms with Gasteiger partial charge in [-0.3, -0.25) is 9.59 Å². The molecule has 3 aromatic carbocycles. The zero-order valence-electron chi connectivity index (χ0n) is 19.2. The van der Waals surface area contributed by atoms with Crippen LogP contribution < -0.4 is 15.0 Å². The van der Waals surface area contributed by atoms with Crippen LogP contribution in [-0.4, -0.2) is 30.0 Å². The van der Waals surface area contributed by atoms with E-state index < -0.39 is 11.7 Å². The summed E-state index contributed by atoms with van der Waals surface area (Å²) in [5.41, 5.74) is 2.53. The van der Waals surface area contributed by atoms with Gasteiger partial charge in [-0.15, -0.1) is 0 Å². The Balaban J connectivity index is 1.74. The molecule has 174 valence electrons. The van der Waals surface area contributed by atoms with Crippen LogP contribution in [0.3, 0.4) is 0 Å². The lowest BCUT2D eigenvalue weighted by Crippen LogP contribution is -2.33. The van der Waals surface area contributed by atoms with Crippen LogP contribution in [0.15, 0.2) is 71.5 Å². The van der Waals surface area contributed by atoms with Crippen LogP contribution in [0.1, 0.15) is 27.0 Å². The number of H-pyrrole nitrogens is 1. The van der Waals surface area contributed by atoms with Crippen molar-refractivity contribution in [1.29, 1.82) is 0 Å². The third kappa shape index (κ3) is 4.78. The minimum atomic E-state index is -0.606. The van der Waals surface area contributed by atoms with Gasteiger partial charge in [-0.25, -0.2) is 4.39 Å². The molecule has 1 aromatic heterocycles. The molecule has 1 amide bonds. The first-order valence-corrected chi connectivity index (χ1v) is 10.8. The maximum absolute atomic E-state index is 14.4. The SMILES string of the molecule is COc1cc2cc(CN(Cc3ccc(C)cc3)C(=O)c3ccccc3F)c(=O)[nH]c2cc1OC. The van der Waals surface area contributed by atoms with Crippen molar-refractivity contribution in [3.63, 3.8) is 0 Å². The first-order chi connectivity index (χ1) is 16.4. The molecule has 1 heterocycles. The molecule has 0 spiro atoms. The molecular formula is C27H25FN2O4. The van der Waals surface area contributed by atoms with Gasteiger partial charge in [0.25, 0.3) is 11.5 Å². The molecule has 0 aliphatic rings. The largest absolute Gasteiger partial charge is 0.493 e. The number of hydrogen-bond acceptors (Lipinski definition) is 4. The normalized spacial score (nSPS) is 10.8. The highest BCUT2D eigenvalue weighted by Crippen LogP contribution is 2.31. The lowest BCUT2D eigenvalue weighted by molar-refractivity contribution is 0.0724. The number of aryl methyl sites for hydroxylation is 1. The molecule has 4 rings (SSSR count). The van der Waals surface area contributed by atoms with Crippen LogP contribution in [0.25, 0.3) is 10.9 Å². The van der Waals surface area contributed by atoms with Crippen molar-refractivity contribution in [2.24, 2.45) is 0 Å². The van der Waals surface area contributed by atoms with Crippen LogP contribution in [0.2, 0.25) is 0 Å². The number of carbonyl (C=O) groups is 1. The second-order valence-electron chi connectivity index (χ2n) is 8.04. The van der Waals surface area contributed by atoms with Gasteiger partial charge in [-0.1, -0.05) is 42.0 Å². The van der Waals surface area contributed by atoms with Crippen molar-refractivity contribution >= 4 is 16.8 Å². The summed E-state index contributed by atoms with van der Waals surface area (Å²) in [6.07, 6.45) is 0. The molecule has 0 bridgehead atoms. The molecule has 34 heavy (non-hydrogen) atoms. The van der Waals surface area contributed by atoms with E-state index in [1.54, 1.807) is 24.3 Å². The summed E-state index contributed by atoms with van der Waals surface area (Å²) in [5, 5.41) is 0.723. The Morgan fingerprint density at radius 3 is 2.29 bits per heavy atom. The molecule has 4 aromatic rings. The second-order valence-corrected chi connectivity index (χ2v) is 8.04. The maximum atomic E-state index is 14.4. The van der Waals surface area contributed by atoms with Crippen LogP contribution >= 0.6 is 0 Å². The van der Waals surface area contributed by atoms with Crippen LogP contribution in [-0.2, 0) is 13.1 Å². The molecular weight excluding hydrogens is 435 g/mol. The highest BCUT2D eigenvalue weighted by Gasteiger charge is 2.21. The minimum Gasteiger partial charge on any atom is -0.493 e. The molecule has 0 saturated carbocycles. The smallest absolute Gasteiger partial charge is 0.257 e. The number of nitrogens with one attached hydrogen (secondary N) is 1. The predicted octanol–water partition coefficient (Wildman–Crippen LogP) is 4.84. The van der Waals surface area contributed by atoms with Crippen molar-refractivity contribution < 1.29 is 18.7 Å². The molecule has 0 fully saturated rings. The number of halogens is 1. The molecule has 0 aliphatic heterocycles. The van der Waals surface area contributed by atoms with Gasteiger partial charge in [0.05, 0.1) is 31.8 Å². The van der Waals surface area contributed by atoms with Crippen molar-refractivity contribution in [1.82, 2.24) is 9.88 Å². The van der Waals surface area contributed by atoms with E-state index in [2.05, 4.69) is 4.98 Å². The number of hydrogen-bond donors (Lipinski definition) is 1. The topological polar surface area (TPSA) is 71.6 Å². The number of aromatic amines is 1. The number of amides is 1. The van der Waals surface area contributed by atoms with Crippen molar-refractivity contribution in [2.45, 2.75) is 20.0 Å². The summed E-state index contributed by atoms with van der Waals surface area (Å²) in [5.74, 6) is -0.0859. The van der Waals surface area contributed by atoms with E-state index in [0.717, 1.165) is 16.5 Å². The first-order valence-electron chi connectivity index (χ1n) is 10.8. The minimum absolute atomic E-state index is 0.000657. The molecule has 0 aliphatic carbocycles. The quantitative estimate of drug-likeness (QED) is 0.429. The van der Waals surface area contributed by atoms with Crippen molar-refractivity contribution in [3.05, 3.63) is 105 Å². The predicted molar refractivity (Wildman–Crippen MR) is 129 cm³/mol. The first kappa shape index (κ1) is 23.0. The fraction of sp³-hybridized carbons (Fsp3) is 0.185. The van der Waals surface area contributed by atoms with Gasteiger partial charge >= 0.3 is 0 Å². The Morgan fingerprint density at radius 2 is 1.62 bits per heavy atom. The zero-order valence-corrected chi connectivity index (χ0v) is 19.2. The highest BCUT2D eigenvalue weighted by atomic mass is 19.1.